The Hall–Kier alpha value is -1.68. The fourth-order valence-corrected chi connectivity index (χ4v) is 2.03. The molecule has 0 aliphatic carbocycles. The van der Waals surface area contributed by atoms with Crippen LogP contribution in [0.25, 0.3) is 0 Å². The van der Waals surface area contributed by atoms with Crippen molar-refractivity contribution >= 4 is 0 Å². The molecule has 0 amide bonds. The molecular formula is C10H12N4. The molecule has 72 valence electrons. The highest BCUT2D eigenvalue weighted by Crippen LogP contribution is 2.24. The van der Waals surface area contributed by atoms with E-state index in [4.69, 9.17) is 10.5 Å². The van der Waals surface area contributed by atoms with Crippen LogP contribution in [0, 0.1) is 28.6 Å². The van der Waals surface area contributed by atoms with Crippen LogP contribution in [0.1, 0.15) is 12.8 Å². The van der Waals surface area contributed by atoms with E-state index in [1.54, 1.807) is 0 Å². The molecule has 1 unspecified atom stereocenters. The van der Waals surface area contributed by atoms with Gasteiger partial charge in [0, 0.05) is 19.6 Å². The van der Waals surface area contributed by atoms with Gasteiger partial charge in [-0.25, -0.2) is 0 Å². The van der Waals surface area contributed by atoms with Crippen molar-refractivity contribution in [1.82, 2.24) is 10.2 Å². The van der Waals surface area contributed by atoms with Crippen LogP contribution in [-0.4, -0.2) is 24.5 Å². The zero-order valence-electron chi connectivity index (χ0n) is 7.95. The molecule has 2 rings (SSSR count). The maximum absolute atomic E-state index is 8.97. The Balaban J connectivity index is 2.24. The number of rotatable bonds is 1. The first-order valence-electron chi connectivity index (χ1n) is 4.89. The SMILES string of the molecule is N#CC1=C(N2CCCC2)NCC1C#N. The van der Waals surface area contributed by atoms with Gasteiger partial charge in [-0.1, -0.05) is 0 Å². The lowest BCUT2D eigenvalue weighted by Gasteiger charge is -2.19. The predicted molar refractivity (Wildman–Crippen MR) is 50.6 cm³/mol. The highest BCUT2D eigenvalue weighted by atomic mass is 15.3. The van der Waals surface area contributed by atoms with Gasteiger partial charge in [0.2, 0.25) is 0 Å². The van der Waals surface area contributed by atoms with E-state index in [9.17, 15) is 0 Å². The Kier molecular flexibility index (Phi) is 2.28. The van der Waals surface area contributed by atoms with Crippen LogP contribution < -0.4 is 5.32 Å². The molecule has 14 heavy (non-hydrogen) atoms. The van der Waals surface area contributed by atoms with Gasteiger partial charge >= 0.3 is 0 Å². The molecule has 1 saturated heterocycles. The van der Waals surface area contributed by atoms with E-state index in [0.717, 1.165) is 18.9 Å². The second kappa shape index (κ2) is 3.59. The van der Waals surface area contributed by atoms with Gasteiger partial charge in [0.25, 0.3) is 0 Å². The van der Waals surface area contributed by atoms with Gasteiger partial charge in [0.15, 0.2) is 0 Å². The summed E-state index contributed by atoms with van der Waals surface area (Å²) in [7, 11) is 0. The van der Waals surface area contributed by atoms with E-state index < -0.39 is 0 Å². The molecule has 1 N–H and O–H groups in total. The molecule has 4 nitrogen and oxygen atoms in total. The van der Waals surface area contributed by atoms with Crippen molar-refractivity contribution in [2.45, 2.75) is 12.8 Å². The predicted octanol–water partition coefficient (Wildman–Crippen LogP) is 0.560. The number of likely N-dealkylation sites (tertiary alicyclic amines) is 1. The molecule has 0 aromatic heterocycles. The summed E-state index contributed by atoms with van der Waals surface area (Å²) in [6, 6.07) is 4.29. The molecule has 2 aliphatic heterocycles. The van der Waals surface area contributed by atoms with Crippen LogP contribution >= 0.6 is 0 Å². The number of nitrogens with one attached hydrogen (secondary N) is 1. The molecule has 0 aromatic carbocycles. The summed E-state index contributed by atoms with van der Waals surface area (Å²) in [5.74, 6) is 0.646. The third kappa shape index (κ3) is 1.29. The summed E-state index contributed by atoms with van der Waals surface area (Å²) >= 11 is 0. The minimum Gasteiger partial charge on any atom is -0.369 e. The Morgan fingerprint density at radius 1 is 1.29 bits per heavy atom. The number of nitrogens with zero attached hydrogens (tertiary/aromatic N) is 3. The Morgan fingerprint density at radius 3 is 2.57 bits per heavy atom. The van der Waals surface area contributed by atoms with Gasteiger partial charge < -0.3 is 10.2 Å². The summed E-state index contributed by atoms with van der Waals surface area (Å²) in [5, 5.41) is 21.0. The number of hydrogen-bond acceptors (Lipinski definition) is 4. The van der Waals surface area contributed by atoms with Gasteiger partial charge in [-0.2, -0.15) is 10.5 Å². The second-order valence-corrected chi connectivity index (χ2v) is 3.63. The molecule has 0 bridgehead atoms. The van der Waals surface area contributed by atoms with Crippen molar-refractivity contribution in [2.24, 2.45) is 5.92 Å². The second-order valence-electron chi connectivity index (χ2n) is 3.63. The van der Waals surface area contributed by atoms with E-state index in [-0.39, 0.29) is 5.92 Å². The van der Waals surface area contributed by atoms with Crippen molar-refractivity contribution < 1.29 is 0 Å². The average molecular weight is 188 g/mol. The standard InChI is InChI=1S/C10H12N4/c11-5-8-7-13-10(9(8)6-12)14-3-1-2-4-14/h8,13H,1-4,7H2. The van der Waals surface area contributed by atoms with Gasteiger partial charge in [-0.15, -0.1) is 0 Å². The normalized spacial score (nSPS) is 25.9. The average Bonchev–Trinajstić information content (AvgIpc) is 2.85. The van der Waals surface area contributed by atoms with Gasteiger partial charge in [-0.3, -0.25) is 0 Å². The Labute approximate surface area is 83.4 Å². The Morgan fingerprint density at radius 2 is 2.00 bits per heavy atom. The summed E-state index contributed by atoms with van der Waals surface area (Å²) < 4.78 is 0. The van der Waals surface area contributed by atoms with E-state index in [1.807, 2.05) is 0 Å². The minimum absolute atomic E-state index is 0.254. The Bertz CT molecular complexity index is 338. The highest BCUT2D eigenvalue weighted by Gasteiger charge is 2.29. The third-order valence-corrected chi connectivity index (χ3v) is 2.78. The summed E-state index contributed by atoms with van der Waals surface area (Å²) in [6.07, 6.45) is 2.36. The van der Waals surface area contributed by atoms with E-state index in [2.05, 4.69) is 22.4 Å². The van der Waals surface area contributed by atoms with E-state index >= 15 is 0 Å². The van der Waals surface area contributed by atoms with Gasteiger partial charge in [0.05, 0.1) is 17.7 Å². The van der Waals surface area contributed by atoms with Crippen LogP contribution in [0.2, 0.25) is 0 Å². The lowest BCUT2D eigenvalue weighted by atomic mass is 10.1. The number of hydrogen-bond donors (Lipinski definition) is 1. The van der Waals surface area contributed by atoms with Crippen LogP contribution in [-0.2, 0) is 0 Å². The van der Waals surface area contributed by atoms with Crippen molar-refractivity contribution in [3.05, 3.63) is 11.4 Å². The van der Waals surface area contributed by atoms with Crippen LogP contribution in [0.3, 0.4) is 0 Å². The van der Waals surface area contributed by atoms with Gasteiger partial charge in [0.1, 0.15) is 11.7 Å². The summed E-state index contributed by atoms with van der Waals surface area (Å²) in [5.41, 5.74) is 0.620. The molecule has 0 spiro atoms. The molecule has 1 atom stereocenters. The molecule has 0 aromatic rings. The topological polar surface area (TPSA) is 62.9 Å². The first-order chi connectivity index (χ1) is 6.86. The lowest BCUT2D eigenvalue weighted by Crippen LogP contribution is -2.27. The largest absolute Gasteiger partial charge is 0.369 e. The van der Waals surface area contributed by atoms with Crippen molar-refractivity contribution in [2.75, 3.05) is 19.6 Å². The molecule has 0 radical (unpaired) electrons. The van der Waals surface area contributed by atoms with Crippen molar-refractivity contribution in [3.8, 4) is 12.1 Å². The zero-order valence-corrected chi connectivity index (χ0v) is 7.95. The third-order valence-electron chi connectivity index (χ3n) is 2.78. The molecule has 2 heterocycles. The lowest BCUT2D eigenvalue weighted by molar-refractivity contribution is 0.399. The zero-order chi connectivity index (χ0) is 9.97. The number of nitriles is 2. The molecule has 0 saturated carbocycles. The first-order valence-corrected chi connectivity index (χ1v) is 4.89. The molecule has 1 fully saturated rings. The molecule has 2 aliphatic rings. The summed E-state index contributed by atoms with van der Waals surface area (Å²) in [4.78, 5) is 2.18. The smallest absolute Gasteiger partial charge is 0.117 e. The van der Waals surface area contributed by atoms with E-state index in [0.29, 0.717) is 12.1 Å². The summed E-state index contributed by atoms with van der Waals surface area (Å²) in [6.45, 7) is 2.60. The van der Waals surface area contributed by atoms with Crippen LogP contribution in [0.4, 0.5) is 0 Å². The fourth-order valence-electron chi connectivity index (χ4n) is 2.03. The van der Waals surface area contributed by atoms with Crippen molar-refractivity contribution in [1.29, 1.82) is 10.5 Å². The highest BCUT2D eigenvalue weighted by molar-refractivity contribution is 5.37. The minimum atomic E-state index is -0.254. The van der Waals surface area contributed by atoms with Crippen LogP contribution in [0.5, 0.6) is 0 Å². The quantitative estimate of drug-likeness (QED) is 0.653. The van der Waals surface area contributed by atoms with Gasteiger partial charge in [-0.05, 0) is 12.8 Å². The molecular weight excluding hydrogens is 176 g/mol. The van der Waals surface area contributed by atoms with Crippen LogP contribution in [0.15, 0.2) is 11.4 Å². The maximum atomic E-state index is 8.97. The van der Waals surface area contributed by atoms with E-state index in [1.165, 1.54) is 12.8 Å². The fraction of sp³-hybridized carbons (Fsp3) is 0.600. The maximum Gasteiger partial charge on any atom is 0.117 e. The first kappa shape index (κ1) is 8.90. The van der Waals surface area contributed by atoms with Crippen molar-refractivity contribution in [3.63, 3.8) is 0 Å². The molecule has 4 heteroatoms. The monoisotopic (exact) mass is 188 g/mol.